The van der Waals surface area contributed by atoms with Gasteiger partial charge in [0, 0.05) is 31.7 Å². The number of rotatable bonds is 3. The van der Waals surface area contributed by atoms with Gasteiger partial charge >= 0.3 is 6.18 Å². The Morgan fingerprint density at radius 1 is 1.14 bits per heavy atom. The van der Waals surface area contributed by atoms with E-state index in [1.54, 1.807) is 0 Å². The predicted molar refractivity (Wildman–Crippen MR) is 92.0 cm³/mol. The maximum Gasteiger partial charge on any atom is 0.419 e. The van der Waals surface area contributed by atoms with Crippen molar-refractivity contribution in [2.45, 2.75) is 24.9 Å². The van der Waals surface area contributed by atoms with E-state index in [9.17, 15) is 30.8 Å². The largest absolute Gasteiger partial charge is 0.419 e. The number of piperazine rings is 1. The predicted octanol–water partition coefficient (Wildman–Crippen LogP) is 2.60. The van der Waals surface area contributed by atoms with E-state index < -0.39 is 33.5 Å². The van der Waals surface area contributed by atoms with Crippen molar-refractivity contribution in [3.63, 3.8) is 0 Å². The van der Waals surface area contributed by atoms with Crippen LogP contribution in [0.1, 0.15) is 27.4 Å². The van der Waals surface area contributed by atoms with Crippen molar-refractivity contribution in [3.8, 4) is 0 Å². The molecule has 1 amide bonds. The molecule has 0 spiro atoms. The van der Waals surface area contributed by atoms with Crippen molar-refractivity contribution < 1.29 is 35.3 Å². The first-order valence-electron chi connectivity index (χ1n) is 8.52. The Hall–Kier alpha value is -2.47. The highest BCUT2D eigenvalue weighted by atomic mass is 32.2. The molecule has 2 aromatic rings. The summed E-state index contributed by atoms with van der Waals surface area (Å²) in [6.07, 6.45) is -4.93. The molecule has 158 valence electrons. The van der Waals surface area contributed by atoms with Gasteiger partial charge in [-0.3, -0.25) is 4.79 Å². The van der Waals surface area contributed by atoms with Crippen LogP contribution < -0.4 is 0 Å². The molecular formula is C17H17F4N3O4S. The van der Waals surface area contributed by atoms with Gasteiger partial charge in [-0.15, -0.1) is 0 Å². The van der Waals surface area contributed by atoms with E-state index in [1.165, 1.54) is 18.7 Å². The lowest BCUT2D eigenvalue weighted by atomic mass is 10.1. The average Bonchev–Trinajstić information content (AvgIpc) is 2.99. The van der Waals surface area contributed by atoms with Crippen molar-refractivity contribution in [2.75, 3.05) is 26.2 Å². The van der Waals surface area contributed by atoms with Crippen LogP contribution in [0.15, 0.2) is 27.6 Å². The Morgan fingerprint density at radius 2 is 1.76 bits per heavy atom. The van der Waals surface area contributed by atoms with Gasteiger partial charge in [0.25, 0.3) is 5.91 Å². The van der Waals surface area contributed by atoms with E-state index in [2.05, 4.69) is 5.16 Å². The number of alkyl halides is 3. The zero-order valence-corrected chi connectivity index (χ0v) is 16.3. The highest BCUT2D eigenvalue weighted by molar-refractivity contribution is 7.89. The van der Waals surface area contributed by atoms with Gasteiger partial charge in [0.15, 0.2) is 5.76 Å². The maximum atomic E-state index is 13.4. The molecule has 0 N–H and O–H groups in total. The molecule has 1 aromatic carbocycles. The molecule has 1 aliphatic heterocycles. The van der Waals surface area contributed by atoms with Crippen LogP contribution in [0.25, 0.3) is 0 Å². The number of benzene rings is 1. The van der Waals surface area contributed by atoms with Crippen LogP contribution >= 0.6 is 0 Å². The number of amides is 1. The first-order valence-corrected chi connectivity index (χ1v) is 9.96. The van der Waals surface area contributed by atoms with E-state index >= 15 is 0 Å². The third-order valence-electron chi connectivity index (χ3n) is 4.61. The minimum Gasteiger partial charge on any atom is -0.360 e. The molecule has 1 saturated heterocycles. The lowest BCUT2D eigenvalue weighted by Crippen LogP contribution is -2.50. The molecule has 12 heteroatoms. The average molecular weight is 435 g/mol. The molecule has 0 unspecified atom stereocenters. The molecule has 1 fully saturated rings. The Morgan fingerprint density at radius 3 is 2.28 bits per heavy atom. The molecule has 1 aliphatic rings. The molecular weight excluding hydrogens is 418 g/mol. The highest BCUT2D eigenvalue weighted by Crippen LogP contribution is 2.32. The summed E-state index contributed by atoms with van der Waals surface area (Å²) in [5.41, 5.74) is -1.63. The number of carbonyl (C=O) groups is 1. The lowest BCUT2D eigenvalue weighted by molar-refractivity contribution is -0.140. The molecule has 7 nitrogen and oxygen atoms in total. The lowest BCUT2D eigenvalue weighted by Gasteiger charge is -2.34. The van der Waals surface area contributed by atoms with E-state index in [0.29, 0.717) is 12.1 Å². The van der Waals surface area contributed by atoms with Gasteiger partial charge < -0.3 is 9.42 Å². The zero-order valence-electron chi connectivity index (χ0n) is 15.5. The SMILES string of the molecule is Cc1noc(C)c1S(=O)(=O)N1CCN(C(=O)c2ccc(F)c(C(F)(F)F)c2)CC1. The van der Waals surface area contributed by atoms with Crippen LogP contribution in [0.3, 0.4) is 0 Å². The van der Waals surface area contributed by atoms with Crippen LogP contribution in [0.5, 0.6) is 0 Å². The third-order valence-corrected chi connectivity index (χ3v) is 6.75. The van der Waals surface area contributed by atoms with Gasteiger partial charge in [0.1, 0.15) is 16.4 Å². The number of sulfonamides is 1. The topological polar surface area (TPSA) is 83.7 Å². The molecule has 0 aliphatic carbocycles. The van der Waals surface area contributed by atoms with Crippen LogP contribution in [-0.2, 0) is 16.2 Å². The van der Waals surface area contributed by atoms with Gasteiger partial charge in [0.05, 0.1) is 5.56 Å². The zero-order chi connectivity index (χ0) is 21.6. The molecule has 0 radical (unpaired) electrons. The van der Waals surface area contributed by atoms with Crippen LogP contribution in [-0.4, -0.2) is 54.9 Å². The minimum absolute atomic E-state index is 0.0276. The first kappa shape index (κ1) is 21.2. The fourth-order valence-corrected chi connectivity index (χ4v) is 4.87. The van der Waals surface area contributed by atoms with E-state index in [0.717, 1.165) is 10.4 Å². The Bertz CT molecular complexity index is 1020. The van der Waals surface area contributed by atoms with Gasteiger partial charge in [0.2, 0.25) is 10.0 Å². The van der Waals surface area contributed by atoms with Crippen molar-refractivity contribution in [3.05, 3.63) is 46.6 Å². The van der Waals surface area contributed by atoms with Crippen molar-refractivity contribution in [2.24, 2.45) is 0 Å². The highest BCUT2D eigenvalue weighted by Gasteiger charge is 2.37. The van der Waals surface area contributed by atoms with Gasteiger partial charge in [-0.05, 0) is 32.0 Å². The van der Waals surface area contributed by atoms with Gasteiger partial charge in [-0.1, -0.05) is 5.16 Å². The molecule has 29 heavy (non-hydrogen) atoms. The monoisotopic (exact) mass is 435 g/mol. The second-order valence-electron chi connectivity index (χ2n) is 6.54. The standard InChI is InChI=1S/C17H17F4N3O4S/c1-10-15(11(2)28-22-10)29(26,27)24-7-5-23(6-8-24)16(25)12-3-4-14(18)13(9-12)17(19,20)21/h3-4,9H,5-8H2,1-2H3. The van der Waals surface area contributed by atoms with Crippen molar-refractivity contribution in [1.82, 2.24) is 14.4 Å². The van der Waals surface area contributed by atoms with Gasteiger partial charge in [-0.2, -0.15) is 17.5 Å². The number of aromatic nitrogens is 1. The minimum atomic E-state index is -4.93. The van der Waals surface area contributed by atoms with Crippen LogP contribution in [0.2, 0.25) is 0 Å². The summed E-state index contributed by atoms with van der Waals surface area (Å²) in [4.78, 5) is 13.7. The fraction of sp³-hybridized carbons (Fsp3) is 0.412. The summed E-state index contributed by atoms with van der Waals surface area (Å²) >= 11 is 0. The molecule has 0 atom stereocenters. The summed E-state index contributed by atoms with van der Waals surface area (Å²) in [6.45, 7) is 2.81. The second-order valence-corrected chi connectivity index (χ2v) is 8.42. The van der Waals surface area contributed by atoms with E-state index in [1.807, 2.05) is 0 Å². The smallest absolute Gasteiger partial charge is 0.360 e. The normalized spacial score (nSPS) is 16.3. The Balaban J connectivity index is 1.75. The first-order chi connectivity index (χ1) is 13.4. The number of carbonyl (C=O) groups excluding carboxylic acids is 1. The second kappa shape index (κ2) is 7.41. The number of aryl methyl sites for hydroxylation is 2. The van der Waals surface area contributed by atoms with Crippen LogP contribution in [0, 0.1) is 19.7 Å². The van der Waals surface area contributed by atoms with E-state index in [4.69, 9.17) is 4.52 Å². The molecule has 2 heterocycles. The number of hydrogen-bond acceptors (Lipinski definition) is 5. The molecule has 3 rings (SSSR count). The van der Waals surface area contributed by atoms with E-state index in [-0.39, 0.29) is 48.1 Å². The molecule has 0 bridgehead atoms. The summed E-state index contributed by atoms with van der Waals surface area (Å²) in [5, 5.41) is 3.63. The number of hydrogen-bond donors (Lipinski definition) is 0. The summed E-state index contributed by atoms with van der Waals surface area (Å²) in [5.74, 6) is -2.05. The summed E-state index contributed by atoms with van der Waals surface area (Å²) < 4.78 is 83.6. The number of halogens is 4. The quantitative estimate of drug-likeness (QED) is 0.692. The summed E-state index contributed by atoms with van der Waals surface area (Å²) in [7, 11) is -3.88. The van der Waals surface area contributed by atoms with Crippen molar-refractivity contribution in [1.29, 1.82) is 0 Å². The fourth-order valence-electron chi connectivity index (χ4n) is 3.16. The molecule has 0 saturated carbocycles. The molecule has 1 aromatic heterocycles. The Kier molecular flexibility index (Phi) is 5.43. The number of nitrogens with zero attached hydrogens (tertiary/aromatic N) is 3. The van der Waals surface area contributed by atoms with Crippen LogP contribution in [0.4, 0.5) is 17.6 Å². The Labute approximate surface area is 163 Å². The van der Waals surface area contributed by atoms with Crippen molar-refractivity contribution >= 4 is 15.9 Å². The van der Waals surface area contributed by atoms with Gasteiger partial charge in [-0.25, -0.2) is 12.8 Å². The maximum absolute atomic E-state index is 13.4. The summed E-state index contributed by atoms with van der Waals surface area (Å²) in [6, 6.07) is 2.03. The third kappa shape index (κ3) is 3.99.